The van der Waals surface area contributed by atoms with E-state index in [1.165, 1.54) is 6.20 Å². The molecule has 0 atom stereocenters. The number of nitrogens with zero attached hydrogens (tertiary/aromatic N) is 3. The summed E-state index contributed by atoms with van der Waals surface area (Å²) in [7, 11) is 1.65. The van der Waals surface area contributed by atoms with Gasteiger partial charge < -0.3 is 20.1 Å². The smallest absolute Gasteiger partial charge is 0.366 e. The lowest BCUT2D eigenvalue weighted by Crippen LogP contribution is -2.21. The van der Waals surface area contributed by atoms with Crippen molar-refractivity contribution < 1.29 is 10.0 Å². The van der Waals surface area contributed by atoms with Crippen LogP contribution in [-0.4, -0.2) is 40.4 Å². The Morgan fingerprint density at radius 2 is 2.54 bits per heavy atom. The van der Waals surface area contributed by atoms with E-state index in [2.05, 4.69) is 10.2 Å². The van der Waals surface area contributed by atoms with Gasteiger partial charge in [0.15, 0.2) is 5.69 Å². The van der Waals surface area contributed by atoms with Crippen LogP contribution in [0.25, 0.3) is 0 Å². The van der Waals surface area contributed by atoms with Crippen molar-refractivity contribution in [3.05, 3.63) is 16.3 Å². The number of aromatic nitrogens is 2. The van der Waals surface area contributed by atoms with Gasteiger partial charge in [-0.1, -0.05) is 5.10 Å². The molecule has 1 aromatic heterocycles. The summed E-state index contributed by atoms with van der Waals surface area (Å²) in [5.41, 5.74) is 0.374. The van der Waals surface area contributed by atoms with Crippen LogP contribution in [0.5, 0.6) is 0 Å². The minimum absolute atomic E-state index is 0.0567. The first-order valence-electron chi connectivity index (χ1n) is 3.66. The minimum Gasteiger partial charge on any atom is -0.395 e. The molecule has 1 heterocycles. The summed E-state index contributed by atoms with van der Waals surface area (Å²) in [6.07, 6.45) is 1.35. The van der Waals surface area contributed by atoms with E-state index in [9.17, 15) is 10.1 Å². The van der Waals surface area contributed by atoms with E-state index in [1.807, 2.05) is 0 Å². The van der Waals surface area contributed by atoms with Gasteiger partial charge in [0.1, 0.15) is 6.20 Å². The third kappa shape index (κ3) is 1.94. The number of rotatable bonds is 4. The van der Waals surface area contributed by atoms with Crippen LogP contribution in [0.15, 0.2) is 6.20 Å². The molecule has 0 radical (unpaired) electrons. The summed E-state index contributed by atoms with van der Waals surface area (Å²) in [5, 5.41) is 24.9. The maximum atomic E-state index is 10.4. The summed E-state index contributed by atoms with van der Waals surface area (Å²) in [5.74, 6) is -0.157. The Labute approximate surface area is 74.1 Å². The Balaban J connectivity index is 2.86. The van der Waals surface area contributed by atoms with Gasteiger partial charge >= 0.3 is 5.82 Å². The summed E-state index contributed by atoms with van der Waals surface area (Å²) in [6, 6.07) is 0. The van der Waals surface area contributed by atoms with Crippen molar-refractivity contribution in [1.29, 1.82) is 0 Å². The monoisotopic (exact) mass is 186 g/mol. The first-order chi connectivity index (χ1) is 6.16. The van der Waals surface area contributed by atoms with Crippen LogP contribution in [-0.2, 0) is 0 Å². The lowest BCUT2D eigenvalue weighted by atomic mass is 10.4. The molecule has 0 bridgehead atoms. The van der Waals surface area contributed by atoms with Gasteiger partial charge in [-0.15, -0.1) is 5.10 Å². The molecular formula is C6H10N4O3. The molecule has 72 valence electrons. The molecule has 0 unspecified atom stereocenters. The van der Waals surface area contributed by atoms with E-state index in [4.69, 9.17) is 5.11 Å². The van der Waals surface area contributed by atoms with Crippen molar-refractivity contribution in [2.24, 2.45) is 0 Å². The number of nitro groups is 1. The van der Waals surface area contributed by atoms with E-state index < -0.39 is 4.92 Å². The fraction of sp³-hybridized carbons (Fsp3) is 0.500. The number of anilines is 1. The highest BCUT2D eigenvalue weighted by Crippen LogP contribution is 2.22. The Bertz CT molecular complexity index is 298. The van der Waals surface area contributed by atoms with Crippen LogP contribution >= 0.6 is 0 Å². The summed E-state index contributed by atoms with van der Waals surface area (Å²) < 4.78 is 0. The molecule has 13 heavy (non-hydrogen) atoms. The zero-order chi connectivity index (χ0) is 9.84. The standard InChI is InChI=1S/C6H10N4O3/c1-9(2-3-11)5-4-7-8-6(5)10(12)13/h4,11H,2-3H2,1H3,(H,7,8). The minimum atomic E-state index is -0.545. The summed E-state index contributed by atoms with van der Waals surface area (Å²) in [6.45, 7) is 0.277. The molecule has 0 fully saturated rings. The number of nitrogens with one attached hydrogen (secondary N) is 1. The first kappa shape index (κ1) is 9.46. The number of likely N-dealkylation sites (N-methyl/N-ethyl adjacent to an activating group) is 1. The average Bonchev–Trinajstić information content (AvgIpc) is 2.52. The third-order valence-electron chi connectivity index (χ3n) is 1.63. The Hall–Kier alpha value is -1.63. The third-order valence-corrected chi connectivity index (χ3v) is 1.63. The molecule has 0 saturated heterocycles. The van der Waals surface area contributed by atoms with E-state index in [-0.39, 0.29) is 12.4 Å². The molecule has 0 spiro atoms. The van der Waals surface area contributed by atoms with Gasteiger partial charge in [-0.3, -0.25) is 0 Å². The van der Waals surface area contributed by atoms with Crippen molar-refractivity contribution in [3.8, 4) is 0 Å². The van der Waals surface area contributed by atoms with Crippen molar-refractivity contribution >= 4 is 11.5 Å². The van der Waals surface area contributed by atoms with Gasteiger partial charge in [0.25, 0.3) is 0 Å². The molecule has 7 nitrogen and oxygen atoms in total. The Kier molecular flexibility index (Phi) is 2.80. The van der Waals surface area contributed by atoms with Gasteiger partial charge in [0, 0.05) is 13.6 Å². The van der Waals surface area contributed by atoms with E-state index in [1.54, 1.807) is 11.9 Å². The number of aliphatic hydroxyl groups excluding tert-OH is 1. The molecule has 0 aromatic carbocycles. The molecule has 0 aliphatic heterocycles. The van der Waals surface area contributed by atoms with Crippen molar-refractivity contribution in [1.82, 2.24) is 10.2 Å². The van der Waals surface area contributed by atoms with Crippen LogP contribution in [0, 0.1) is 10.1 Å². The Morgan fingerprint density at radius 1 is 1.85 bits per heavy atom. The first-order valence-corrected chi connectivity index (χ1v) is 3.66. The predicted octanol–water partition coefficient (Wildman–Crippen LogP) is -0.254. The molecule has 2 N–H and O–H groups in total. The highest BCUT2D eigenvalue weighted by molar-refractivity contribution is 5.57. The molecule has 7 heteroatoms. The van der Waals surface area contributed by atoms with Crippen LogP contribution < -0.4 is 4.90 Å². The zero-order valence-electron chi connectivity index (χ0n) is 7.10. The second-order valence-electron chi connectivity index (χ2n) is 2.51. The molecule has 1 rings (SSSR count). The average molecular weight is 186 g/mol. The maximum absolute atomic E-state index is 10.4. The molecule has 0 amide bonds. The van der Waals surface area contributed by atoms with Gasteiger partial charge in [-0.25, -0.2) is 0 Å². The second kappa shape index (κ2) is 3.85. The maximum Gasteiger partial charge on any atom is 0.366 e. The van der Waals surface area contributed by atoms with Crippen LogP contribution in [0.1, 0.15) is 0 Å². The molecule has 0 aliphatic carbocycles. The van der Waals surface area contributed by atoms with Gasteiger partial charge in [-0.05, 0) is 4.92 Å². The summed E-state index contributed by atoms with van der Waals surface area (Å²) in [4.78, 5) is 11.4. The van der Waals surface area contributed by atoms with Crippen LogP contribution in [0.2, 0.25) is 0 Å². The van der Waals surface area contributed by atoms with Crippen LogP contribution in [0.3, 0.4) is 0 Å². The number of hydrogen-bond donors (Lipinski definition) is 2. The fourth-order valence-corrected chi connectivity index (χ4v) is 0.957. The number of aliphatic hydroxyl groups is 1. The lowest BCUT2D eigenvalue weighted by molar-refractivity contribution is -0.388. The van der Waals surface area contributed by atoms with Crippen LogP contribution in [0.4, 0.5) is 11.5 Å². The number of H-pyrrole nitrogens is 1. The van der Waals surface area contributed by atoms with Crippen molar-refractivity contribution in [2.75, 3.05) is 25.1 Å². The van der Waals surface area contributed by atoms with E-state index >= 15 is 0 Å². The normalized spacial score (nSPS) is 10.0. The molecule has 0 saturated carbocycles. The predicted molar refractivity (Wildman–Crippen MR) is 45.6 cm³/mol. The van der Waals surface area contributed by atoms with E-state index in [0.717, 1.165) is 0 Å². The van der Waals surface area contributed by atoms with Gasteiger partial charge in [0.2, 0.25) is 0 Å². The largest absolute Gasteiger partial charge is 0.395 e. The fourth-order valence-electron chi connectivity index (χ4n) is 0.957. The lowest BCUT2D eigenvalue weighted by Gasteiger charge is -2.14. The second-order valence-corrected chi connectivity index (χ2v) is 2.51. The SMILES string of the molecule is CN(CCO)c1cn[nH]c1[N+](=O)[O-]. The van der Waals surface area contributed by atoms with Gasteiger partial charge in [0.05, 0.1) is 6.61 Å². The quantitative estimate of drug-likeness (QED) is 0.499. The molecular weight excluding hydrogens is 176 g/mol. The van der Waals surface area contributed by atoms with Gasteiger partial charge in [-0.2, -0.15) is 0 Å². The highest BCUT2D eigenvalue weighted by atomic mass is 16.6. The van der Waals surface area contributed by atoms with E-state index in [0.29, 0.717) is 12.2 Å². The number of aromatic amines is 1. The van der Waals surface area contributed by atoms with Crippen molar-refractivity contribution in [3.63, 3.8) is 0 Å². The molecule has 1 aromatic rings. The topological polar surface area (TPSA) is 95.3 Å². The molecule has 0 aliphatic rings. The zero-order valence-corrected chi connectivity index (χ0v) is 7.10. The van der Waals surface area contributed by atoms with Crippen molar-refractivity contribution in [2.45, 2.75) is 0 Å². The Morgan fingerprint density at radius 3 is 3.08 bits per heavy atom. The number of hydrogen-bond acceptors (Lipinski definition) is 5. The summed E-state index contributed by atoms with van der Waals surface area (Å²) >= 11 is 0. The highest BCUT2D eigenvalue weighted by Gasteiger charge is 2.17.